The van der Waals surface area contributed by atoms with Gasteiger partial charge < -0.3 is 4.52 Å². The minimum atomic E-state index is -0.457. The fourth-order valence-electron chi connectivity index (χ4n) is 1.90. The predicted molar refractivity (Wildman–Crippen MR) is 74.5 cm³/mol. The van der Waals surface area contributed by atoms with Crippen molar-refractivity contribution in [2.45, 2.75) is 20.0 Å². The lowest BCUT2D eigenvalue weighted by atomic mass is 10.1. The summed E-state index contributed by atoms with van der Waals surface area (Å²) in [5, 5.41) is 3.66. The first-order valence-electron chi connectivity index (χ1n) is 6.29. The number of benzene rings is 1. The molecule has 6 heteroatoms. The van der Waals surface area contributed by atoms with Gasteiger partial charge in [0.2, 0.25) is 0 Å². The number of hydrogen-bond donors (Lipinski definition) is 2. The summed E-state index contributed by atoms with van der Waals surface area (Å²) in [5.74, 6) is 5.20. The lowest BCUT2D eigenvalue weighted by Crippen LogP contribution is -2.30. The fourth-order valence-corrected chi connectivity index (χ4v) is 1.90. The maximum atomic E-state index is 11.3. The second kappa shape index (κ2) is 6.31. The predicted octanol–water partition coefficient (Wildman–Crippen LogP) is 1.22. The summed E-state index contributed by atoms with van der Waals surface area (Å²) in [4.78, 5) is 13.3. The van der Waals surface area contributed by atoms with E-state index in [9.17, 15) is 4.79 Å². The molecule has 6 nitrogen and oxygen atoms in total. The van der Waals surface area contributed by atoms with Crippen LogP contribution in [0.5, 0.6) is 0 Å². The Kier molecular flexibility index (Phi) is 4.49. The van der Waals surface area contributed by atoms with Crippen LogP contribution in [0.2, 0.25) is 0 Å². The molecule has 0 unspecified atom stereocenters. The van der Waals surface area contributed by atoms with Gasteiger partial charge in [0, 0.05) is 12.6 Å². The van der Waals surface area contributed by atoms with Crippen LogP contribution in [-0.4, -0.2) is 23.0 Å². The Labute approximate surface area is 117 Å². The highest BCUT2D eigenvalue weighted by molar-refractivity contribution is 5.91. The molecule has 2 aromatic rings. The molecule has 1 aromatic carbocycles. The molecule has 1 aromatic heterocycles. The molecule has 106 valence electrons. The van der Waals surface area contributed by atoms with Crippen molar-refractivity contribution in [3.8, 4) is 0 Å². The van der Waals surface area contributed by atoms with Gasteiger partial charge in [-0.3, -0.25) is 15.1 Å². The smallest absolute Gasteiger partial charge is 0.287 e. The Morgan fingerprint density at radius 1 is 1.35 bits per heavy atom. The van der Waals surface area contributed by atoms with Crippen LogP contribution < -0.4 is 11.3 Å². The molecular formula is C14H18N4O2. The lowest BCUT2D eigenvalue weighted by molar-refractivity contribution is 0.0944. The summed E-state index contributed by atoms with van der Waals surface area (Å²) in [6.07, 6.45) is 0. The molecule has 0 saturated carbocycles. The van der Waals surface area contributed by atoms with E-state index in [1.165, 1.54) is 11.1 Å². The van der Waals surface area contributed by atoms with Crippen LogP contribution in [0.1, 0.15) is 27.4 Å². The van der Waals surface area contributed by atoms with Gasteiger partial charge >= 0.3 is 0 Å². The van der Waals surface area contributed by atoms with Gasteiger partial charge in [0.15, 0.2) is 11.5 Å². The number of nitrogens with two attached hydrogens (primary N) is 1. The fraction of sp³-hybridized carbons (Fsp3) is 0.286. The summed E-state index contributed by atoms with van der Waals surface area (Å²) in [7, 11) is 1.98. The van der Waals surface area contributed by atoms with Gasteiger partial charge in [-0.15, -0.1) is 0 Å². The first-order valence-corrected chi connectivity index (χ1v) is 6.29. The number of nitrogen functional groups attached to an aromatic ring is 1. The molecule has 0 aliphatic heterocycles. The molecule has 3 N–H and O–H groups in total. The van der Waals surface area contributed by atoms with Crippen LogP contribution in [0, 0.1) is 6.92 Å². The van der Waals surface area contributed by atoms with Gasteiger partial charge in [0.1, 0.15) is 0 Å². The van der Waals surface area contributed by atoms with E-state index in [1.54, 1.807) is 6.07 Å². The van der Waals surface area contributed by atoms with Crippen molar-refractivity contribution >= 4 is 5.91 Å². The summed E-state index contributed by atoms with van der Waals surface area (Å²) < 4.78 is 5.11. The maximum Gasteiger partial charge on any atom is 0.287 e. The van der Waals surface area contributed by atoms with Gasteiger partial charge in [-0.2, -0.15) is 0 Å². The van der Waals surface area contributed by atoms with Gasteiger partial charge in [-0.05, 0) is 19.5 Å². The first kappa shape index (κ1) is 14.2. The Hall–Kier alpha value is -2.18. The zero-order valence-electron chi connectivity index (χ0n) is 11.6. The third-order valence-corrected chi connectivity index (χ3v) is 2.92. The third kappa shape index (κ3) is 3.66. The molecule has 0 fully saturated rings. The molecule has 0 aliphatic rings. The Bertz CT molecular complexity index is 577. The quantitative estimate of drug-likeness (QED) is 0.486. The van der Waals surface area contributed by atoms with Crippen LogP contribution in [0.4, 0.5) is 0 Å². The molecule has 1 heterocycles. The Balaban J connectivity index is 1.94. The molecule has 0 spiro atoms. The number of hydrazine groups is 1. The second-order valence-corrected chi connectivity index (χ2v) is 4.81. The number of hydrogen-bond acceptors (Lipinski definition) is 5. The molecule has 0 radical (unpaired) electrons. The highest BCUT2D eigenvalue weighted by Gasteiger charge is 2.12. The molecule has 0 saturated heterocycles. The summed E-state index contributed by atoms with van der Waals surface area (Å²) in [6, 6.07) is 9.95. The molecular weight excluding hydrogens is 256 g/mol. The number of rotatable bonds is 5. The van der Waals surface area contributed by atoms with E-state index >= 15 is 0 Å². The van der Waals surface area contributed by atoms with E-state index in [0.717, 1.165) is 6.54 Å². The molecule has 1 amide bonds. The molecule has 0 aliphatic carbocycles. The van der Waals surface area contributed by atoms with Crippen LogP contribution in [0.15, 0.2) is 34.9 Å². The van der Waals surface area contributed by atoms with E-state index in [4.69, 9.17) is 10.4 Å². The average Bonchev–Trinajstić information content (AvgIpc) is 2.89. The van der Waals surface area contributed by atoms with Crippen LogP contribution in [-0.2, 0) is 13.1 Å². The van der Waals surface area contributed by atoms with Crippen molar-refractivity contribution in [1.82, 2.24) is 15.5 Å². The topological polar surface area (TPSA) is 84.4 Å². The van der Waals surface area contributed by atoms with Crippen molar-refractivity contribution in [2.24, 2.45) is 5.84 Å². The molecule has 20 heavy (non-hydrogen) atoms. The van der Waals surface area contributed by atoms with Crippen molar-refractivity contribution < 1.29 is 9.32 Å². The summed E-state index contributed by atoms with van der Waals surface area (Å²) in [5.41, 5.74) is 4.66. The third-order valence-electron chi connectivity index (χ3n) is 2.92. The number of amides is 1. The number of nitrogens with one attached hydrogen (secondary N) is 1. The van der Waals surface area contributed by atoms with E-state index < -0.39 is 5.91 Å². The van der Waals surface area contributed by atoms with E-state index in [0.29, 0.717) is 12.3 Å². The van der Waals surface area contributed by atoms with Gasteiger partial charge in [-0.25, -0.2) is 5.84 Å². The molecule has 0 bridgehead atoms. The number of aromatic nitrogens is 1. The average molecular weight is 274 g/mol. The molecule has 2 rings (SSSR count). The normalized spacial score (nSPS) is 10.8. The van der Waals surface area contributed by atoms with Gasteiger partial charge in [-0.1, -0.05) is 35.0 Å². The van der Waals surface area contributed by atoms with Crippen LogP contribution in [0.3, 0.4) is 0 Å². The SMILES string of the molecule is Cc1ccc(CN(C)Cc2cc(C(=O)NN)no2)cc1. The van der Waals surface area contributed by atoms with Crippen molar-refractivity contribution in [3.05, 3.63) is 52.9 Å². The van der Waals surface area contributed by atoms with E-state index in [-0.39, 0.29) is 5.69 Å². The largest absolute Gasteiger partial charge is 0.359 e. The highest BCUT2D eigenvalue weighted by atomic mass is 16.5. The number of carbonyl (C=O) groups excluding carboxylic acids is 1. The monoisotopic (exact) mass is 274 g/mol. The first-order chi connectivity index (χ1) is 9.58. The second-order valence-electron chi connectivity index (χ2n) is 4.81. The minimum absolute atomic E-state index is 0.186. The maximum absolute atomic E-state index is 11.3. The number of aryl methyl sites for hydroxylation is 1. The summed E-state index contributed by atoms with van der Waals surface area (Å²) >= 11 is 0. The molecule has 0 atom stereocenters. The zero-order chi connectivity index (χ0) is 14.5. The number of carbonyl (C=O) groups is 1. The number of nitrogens with zero attached hydrogens (tertiary/aromatic N) is 2. The van der Waals surface area contributed by atoms with E-state index in [1.807, 2.05) is 12.5 Å². The van der Waals surface area contributed by atoms with Gasteiger partial charge in [0.05, 0.1) is 6.54 Å². The van der Waals surface area contributed by atoms with Crippen molar-refractivity contribution in [3.63, 3.8) is 0 Å². The summed E-state index contributed by atoms with van der Waals surface area (Å²) in [6.45, 7) is 3.42. The standard InChI is InChI=1S/C14H18N4O2/c1-10-3-5-11(6-4-10)8-18(2)9-12-7-13(17-20-12)14(19)16-15/h3-7H,8-9,15H2,1-2H3,(H,16,19). The van der Waals surface area contributed by atoms with E-state index in [2.05, 4.69) is 41.2 Å². The Morgan fingerprint density at radius 3 is 2.70 bits per heavy atom. The van der Waals surface area contributed by atoms with Gasteiger partial charge in [0.25, 0.3) is 5.91 Å². The lowest BCUT2D eigenvalue weighted by Gasteiger charge is -2.14. The van der Waals surface area contributed by atoms with Crippen molar-refractivity contribution in [1.29, 1.82) is 0 Å². The van der Waals surface area contributed by atoms with Crippen LogP contribution in [0.25, 0.3) is 0 Å². The zero-order valence-corrected chi connectivity index (χ0v) is 11.6. The highest BCUT2D eigenvalue weighted by Crippen LogP contribution is 2.10. The van der Waals surface area contributed by atoms with Crippen LogP contribution >= 0.6 is 0 Å². The minimum Gasteiger partial charge on any atom is -0.359 e. The Morgan fingerprint density at radius 2 is 2.05 bits per heavy atom. The van der Waals surface area contributed by atoms with Crippen molar-refractivity contribution in [2.75, 3.05) is 7.05 Å².